The smallest absolute Gasteiger partial charge is 0.380 e. The van der Waals surface area contributed by atoms with Gasteiger partial charge in [0.1, 0.15) is 0 Å². The SMILES string of the molecule is C#CCCOCCCCNC1CCC(NC(=O)C(F)(F)F)CC1. The van der Waals surface area contributed by atoms with Gasteiger partial charge in [-0.2, -0.15) is 13.2 Å². The molecule has 0 atom stereocenters. The Kier molecular flexibility index (Phi) is 9.03. The van der Waals surface area contributed by atoms with Crippen molar-refractivity contribution >= 4 is 5.91 Å². The van der Waals surface area contributed by atoms with Gasteiger partial charge in [-0.3, -0.25) is 4.79 Å². The minimum Gasteiger partial charge on any atom is -0.380 e. The van der Waals surface area contributed by atoms with E-state index in [1.54, 1.807) is 0 Å². The zero-order valence-electron chi connectivity index (χ0n) is 13.3. The lowest BCUT2D eigenvalue weighted by molar-refractivity contribution is -0.174. The van der Waals surface area contributed by atoms with E-state index in [1.165, 1.54) is 0 Å². The first-order chi connectivity index (χ1) is 10.9. The maximum absolute atomic E-state index is 12.2. The monoisotopic (exact) mass is 334 g/mol. The summed E-state index contributed by atoms with van der Waals surface area (Å²) in [6.07, 6.45) is 5.60. The largest absolute Gasteiger partial charge is 0.471 e. The lowest BCUT2D eigenvalue weighted by atomic mass is 9.91. The molecule has 4 nitrogen and oxygen atoms in total. The fourth-order valence-electron chi connectivity index (χ4n) is 2.58. The number of terminal acetylenes is 1. The predicted molar refractivity (Wildman–Crippen MR) is 81.7 cm³/mol. The molecule has 1 aliphatic carbocycles. The van der Waals surface area contributed by atoms with Crippen molar-refractivity contribution in [2.75, 3.05) is 19.8 Å². The predicted octanol–water partition coefficient (Wildman–Crippen LogP) is 2.39. The van der Waals surface area contributed by atoms with Gasteiger partial charge in [-0.1, -0.05) is 0 Å². The Morgan fingerprint density at radius 2 is 1.78 bits per heavy atom. The summed E-state index contributed by atoms with van der Waals surface area (Å²) >= 11 is 0. The van der Waals surface area contributed by atoms with Crippen LogP contribution >= 0.6 is 0 Å². The second-order valence-electron chi connectivity index (χ2n) is 5.75. The van der Waals surface area contributed by atoms with Gasteiger partial charge in [0.15, 0.2) is 0 Å². The molecule has 0 unspecified atom stereocenters. The lowest BCUT2D eigenvalue weighted by Crippen LogP contribution is -2.46. The van der Waals surface area contributed by atoms with E-state index < -0.39 is 12.1 Å². The summed E-state index contributed by atoms with van der Waals surface area (Å²) in [6.45, 7) is 2.15. The number of halogens is 3. The molecule has 2 N–H and O–H groups in total. The van der Waals surface area contributed by atoms with Gasteiger partial charge in [-0.05, 0) is 45.1 Å². The fraction of sp³-hybridized carbons (Fsp3) is 0.812. The quantitative estimate of drug-likeness (QED) is 0.503. The standard InChI is InChI=1S/C16H25F3N2O2/c1-2-3-11-23-12-5-4-10-20-13-6-8-14(9-7-13)21-15(22)16(17,18)19/h1,13-14,20H,3-12H2,(H,21,22). The van der Waals surface area contributed by atoms with Crippen LogP contribution in [0, 0.1) is 12.3 Å². The number of amides is 1. The third-order valence-electron chi connectivity index (χ3n) is 3.86. The number of unbranched alkanes of at least 4 members (excludes halogenated alkanes) is 1. The Labute approximate surface area is 135 Å². The summed E-state index contributed by atoms with van der Waals surface area (Å²) in [4.78, 5) is 10.9. The maximum atomic E-state index is 12.2. The van der Waals surface area contributed by atoms with Gasteiger partial charge >= 0.3 is 12.1 Å². The summed E-state index contributed by atoms with van der Waals surface area (Å²) in [5.41, 5.74) is 0. The third kappa shape index (κ3) is 8.82. The Hall–Kier alpha value is -1.26. The van der Waals surface area contributed by atoms with Crippen molar-refractivity contribution in [3.05, 3.63) is 0 Å². The molecule has 0 spiro atoms. The summed E-state index contributed by atoms with van der Waals surface area (Å²) < 4.78 is 41.9. The molecule has 0 heterocycles. The van der Waals surface area contributed by atoms with Gasteiger partial charge in [0.2, 0.25) is 0 Å². The highest BCUT2D eigenvalue weighted by Crippen LogP contribution is 2.21. The second kappa shape index (κ2) is 10.5. The van der Waals surface area contributed by atoms with E-state index in [9.17, 15) is 18.0 Å². The van der Waals surface area contributed by atoms with Gasteiger partial charge in [-0.25, -0.2) is 0 Å². The average molecular weight is 334 g/mol. The summed E-state index contributed by atoms with van der Waals surface area (Å²) in [5.74, 6) is 0.676. The number of hydrogen-bond donors (Lipinski definition) is 2. The summed E-state index contributed by atoms with van der Waals surface area (Å²) in [7, 11) is 0. The zero-order chi connectivity index (χ0) is 17.1. The molecule has 0 aromatic rings. The van der Waals surface area contributed by atoms with Crippen molar-refractivity contribution in [2.45, 2.75) is 63.2 Å². The van der Waals surface area contributed by atoms with E-state index >= 15 is 0 Å². The molecule has 7 heteroatoms. The van der Waals surface area contributed by atoms with Gasteiger partial charge in [0, 0.05) is 25.1 Å². The highest BCUT2D eigenvalue weighted by molar-refractivity contribution is 5.81. The molecule has 1 amide bonds. The van der Waals surface area contributed by atoms with Crippen LogP contribution in [0.1, 0.15) is 44.9 Å². The molecule has 0 aromatic carbocycles. The van der Waals surface area contributed by atoms with Crippen molar-refractivity contribution in [2.24, 2.45) is 0 Å². The van der Waals surface area contributed by atoms with Gasteiger partial charge in [0.05, 0.1) is 6.61 Å². The fourth-order valence-corrected chi connectivity index (χ4v) is 2.58. The highest BCUT2D eigenvalue weighted by atomic mass is 19.4. The Balaban J connectivity index is 2.02. The normalized spacial score (nSPS) is 21.7. The van der Waals surface area contributed by atoms with Gasteiger partial charge in [-0.15, -0.1) is 12.3 Å². The number of alkyl halides is 3. The van der Waals surface area contributed by atoms with E-state index in [1.807, 2.05) is 0 Å². The topological polar surface area (TPSA) is 50.4 Å². The molecule has 0 radical (unpaired) electrons. The van der Waals surface area contributed by atoms with Crippen molar-refractivity contribution in [3.63, 3.8) is 0 Å². The van der Waals surface area contributed by atoms with E-state index in [-0.39, 0.29) is 6.04 Å². The molecule has 0 bridgehead atoms. The number of hydrogen-bond acceptors (Lipinski definition) is 3. The van der Waals surface area contributed by atoms with Crippen LogP contribution in [0.15, 0.2) is 0 Å². The number of ether oxygens (including phenoxy) is 1. The number of carbonyl (C=O) groups excluding carboxylic acids is 1. The molecule has 0 saturated heterocycles. The molecular weight excluding hydrogens is 309 g/mol. The van der Waals surface area contributed by atoms with Crippen molar-refractivity contribution in [1.29, 1.82) is 0 Å². The van der Waals surface area contributed by atoms with Crippen LogP contribution in [0.4, 0.5) is 13.2 Å². The van der Waals surface area contributed by atoms with E-state index in [4.69, 9.17) is 11.2 Å². The van der Waals surface area contributed by atoms with Crippen LogP contribution in [0.2, 0.25) is 0 Å². The summed E-state index contributed by atoms with van der Waals surface area (Å²) in [5, 5.41) is 5.46. The average Bonchev–Trinajstić information content (AvgIpc) is 2.50. The van der Waals surface area contributed by atoms with Crippen LogP contribution in [0.5, 0.6) is 0 Å². The molecule has 1 fully saturated rings. The van der Waals surface area contributed by atoms with Crippen LogP contribution < -0.4 is 10.6 Å². The third-order valence-corrected chi connectivity index (χ3v) is 3.86. The van der Waals surface area contributed by atoms with Gasteiger partial charge < -0.3 is 15.4 Å². The number of carbonyl (C=O) groups is 1. The van der Waals surface area contributed by atoms with Crippen LogP contribution in [0.25, 0.3) is 0 Å². The van der Waals surface area contributed by atoms with Crippen molar-refractivity contribution in [3.8, 4) is 12.3 Å². The molecular formula is C16H25F3N2O2. The first-order valence-electron chi connectivity index (χ1n) is 8.05. The molecule has 1 saturated carbocycles. The van der Waals surface area contributed by atoms with Crippen LogP contribution in [-0.2, 0) is 9.53 Å². The lowest BCUT2D eigenvalue weighted by Gasteiger charge is -2.30. The molecule has 132 valence electrons. The second-order valence-corrected chi connectivity index (χ2v) is 5.75. The Morgan fingerprint density at radius 1 is 1.13 bits per heavy atom. The molecule has 23 heavy (non-hydrogen) atoms. The minimum absolute atomic E-state index is 0.316. The summed E-state index contributed by atoms with van der Waals surface area (Å²) in [6, 6.07) is -0.0527. The zero-order valence-corrected chi connectivity index (χ0v) is 13.3. The van der Waals surface area contributed by atoms with E-state index in [2.05, 4.69) is 16.6 Å². The molecule has 0 aliphatic heterocycles. The van der Waals surface area contributed by atoms with E-state index in [0.29, 0.717) is 38.5 Å². The van der Waals surface area contributed by atoms with Crippen molar-refractivity contribution in [1.82, 2.24) is 10.6 Å². The minimum atomic E-state index is -4.79. The van der Waals surface area contributed by atoms with Crippen molar-refractivity contribution < 1.29 is 22.7 Å². The van der Waals surface area contributed by atoms with Crippen LogP contribution in [-0.4, -0.2) is 43.9 Å². The van der Waals surface area contributed by atoms with E-state index in [0.717, 1.165) is 32.2 Å². The first kappa shape index (κ1) is 19.8. The van der Waals surface area contributed by atoms with Crippen LogP contribution in [0.3, 0.4) is 0 Å². The molecule has 1 aliphatic rings. The Bertz CT molecular complexity index is 386. The number of nitrogens with one attached hydrogen (secondary N) is 2. The Morgan fingerprint density at radius 3 is 2.39 bits per heavy atom. The molecule has 0 aromatic heterocycles. The highest BCUT2D eigenvalue weighted by Gasteiger charge is 2.40. The number of rotatable bonds is 9. The first-order valence-corrected chi connectivity index (χ1v) is 8.05. The molecule has 1 rings (SSSR count). The maximum Gasteiger partial charge on any atom is 0.471 e. The van der Waals surface area contributed by atoms with Gasteiger partial charge in [0.25, 0.3) is 0 Å².